The predicted molar refractivity (Wildman–Crippen MR) is 58.0 cm³/mol. The van der Waals surface area contributed by atoms with Crippen LogP contribution in [0.25, 0.3) is 0 Å². The number of nitrogens with two attached hydrogens (primary N) is 1. The Labute approximate surface area is 110 Å². The Hall–Kier alpha value is -1.77. The van der Waals surface area contributed by atoms with Crippen LogP contribution in [0.5, 0.6) is 0 Å². The van der Waals surface area contributed by atoms with Gasteiger partial charge in [0.1, 0.15) is 0 Å². The van der Waals surface area contributed by atoms with Crippen molar-refractivity contribution in [3.8, 4) is 0 Å². The maximum absolute atomic E-state index is 12.7. The van der Waals surface area contributed by atoms with Crippen molar-refractivity contribution in [2.45, 2.75) is 26.1 Å². The minimum Gasteiger partial charge on any atom is -0.461 e. The van der Waals surface area contributed by atoms with Gasteiger partial charge in [-0.2, -0.15) is 13.2 Å². The van der Waals surface area contributed by atoms with E-state index in [0.717, 1.165) is 0 Å². The van der Waals surface area contributed by atoms with Crippen LogP contribution in [0.1, 0.15) is 40.7 Å². The fourth-order valence-electron chi connectivity index (χ4n) is 1.50. The Balaban J connectivity index is 3.50. The van der Waals surface area contributed by atoms with Crippen molar-refractivity contribution in [2.75, 3.05) is 6.61 Å². The lowest BCUT2D eigenvalue weighted by Crippen LogP contribution is -2.20. The smallest absolute Gasteiger partial charge is 0.433 e. The maximum Gasteiger partial charge on any atom is 0.433 e. The molecule has 20 heavy (non-hydrogen) atoms. The first-order valence-electron chi connectivity index (χ1n) is 5.48. The van der Waals surface area contributed by atoms with Crippen LogP contribution in [0.3, 0.4) is 0 Å². The quantitative estimate of drug-likeness (QED) is 0.685. The van der Waals surface area contributed by atoms with E-state index in [-0.39, 0.29) is 12.2 Å². The SMILES string of the molecule is CCOC(=O)c1nc(C(F)(F)F)c(C(F)F)cc1CN. The van der Waals surface area contributed by atoms with Gasteiger partial charge in [-0.05, 0) is 18.6 Å². The van der Waals surface area contributed by atoms with Crippen molar-refractivity contribution in [1.29, 1.82) is 0 Å². The van der Waals surface area contributed by atoms with Gasteiger partial charge in [0.15, 0.2) is 11.4 Å². The van der Waals surface area contributed by atoms with Gasteiger partial charge < -0.3 is 10.5 Å². The molecule has 0 aliphatic heterocycles. The molecule has 0 radical (unpaired) electrons. The normalized spacial score (nSPS) is 11.8. The third kappa shape index (κ3) is 3.41. The van der Waals surface area contributed by atoms with Gasteiger partial charge in [-0.15, -0.1) is 0 Å². The van der Waals surface area contributed by atoms with Crippen LogP contribution in [-0.2, 0) is 17.5 Å². The van der Waals surface area contributed by atoms with Crippen molar-refractivity contribution in [2.24, 2.45) is 5.73 Å². The molecule has 0 saturated carbocycles. The number of nitrogens with zero attached hydrogens (tertiary/aromatic N) is 1. The molecule has 1 aromatic heterocycles. The zero-order chi connectivity index (χ0) is 15.5. The minimum atomic E-state index is -5.11. The van der Waals surface area contributed by atoms with Gasteiger partial charge in [0.2, 0.25) is 0 Å². The highest BCUT2D eigenvalue weighted by Crippen LogP contribution is 2.36. The third-order valence-corrected chi connectivity index (χ3v) is 2.32. The monoisotopic (exact) mass is 298 g/mol. The van der Waals surface area contributed by atoms with Crippen LogP contribution in [-0.4, -0.2) is 17.6 Å². The standard InChI is InChI=1S/C11H11F5N2O2/c1-2-20-10(19)7-5(4-17)3-6(9(12)13)8(18-7)11(14,15)16/h3,9H,2,4,17H2,1H3. The van der Waals surface area contributed by atoms with Crippen LogP contribution >= 0.6 is 0 Å². The minimum absolute atomic E-state index is 0.0948. The fourth-order valence-corrected chi connectivity index (χ4v) is 1.50. The summed E-state index contributed by atoms with van der Waals surface area (Å²) in [6, 6.07) is 0.534. The summed E-state index contributed by atoms with van der Waals surface area (Å²) in [5, 5.41) is 0. The van der Waals surface area contributed by atoms with Gasteiger partial charge >= 0.3 is 12.1 Å². The first-order valence-corrected chi connectivity index (χ1v) is 5.48. The lowest BCUT2D eigenvalue weighted by atomic mass is 10.1. The summed E-state index contributed by atoms with van der Waals surface area (Å²) >= 11 is 0. The molecule has 0 aliphatic rings. The average Bonchev–Trinajstić information content (AvgIpc) is 2.36. The molecule has 1 aromatic rings. The number of alkyl halides is 5. The highest BCUT2D eigenvalue weighted by atomic mass is 19.4. The number of rotatable bonds is 4. The highest BCUT2D eigenvalue weighted by molar-refractivity contribution is 5.89. The first-order chi connectivity index (χ1) is 9.22. The van der Waals surface area contributed by atoms with Crippen molar-refractivity contribution in [3.05, 3.63) is 28.6 Å². The topological polar surface area (TPSA) is 65.2 Å². The van der Waals surface area contributed by atoms with E-state index in [2.05, 4.69) is 9.72 Å². The molecule has 0 amide bonds. The number of ether oxygens (including phenoxy) is 1. The number of carbonyl (C=O) groups excluding carboxylic acids is 1. The van der Waals surface area contributed by atoms with Crippen LogP contribution in [0.2, 0.25) is 0 Å². The summed E-state index contributed by atoms with van der Waals surface area (Å²) in [6.07, 6.45) is -8.50. The van der Waals surface area contributed by atoms with Crippen LogP contribution in [0, 0.1) is 0 Å². The molecule has 4 nitrogen and oxygen atoms in total. The first kappa shape index (κ1) is 16.3. The van der Waals surface area contributed by atoms with Crippen molar-refractivity contribution < 1.29 is 31.5 Å². The number of halogens is 5. The molecule has 0 atom stereocenters. The molecule has 1 heterocycles. The second kappa shape index (κ2) is 6.12. The largest absolute Gasteiger partial charge is 0.461 e. The van der Waals surface area contributed by atoms with Crippen molar-refractivity contribution in [3.63, 3.8) is 0 Å². The van der Waals surface area contributed by atoms with Gasteiger partial charge in [-0.25, -0.2) is 18.6 Å². The predicted octanol–water partition coefficient (Wildman–Crippen LogP) is 2.67. The Kier molecular flexibility index (Phi) is 4.98. The molecular weight excluding hydrogens is 287 g/mol. The Morgan fingerprint density at radius 3 is 2.45 bits per heavy atom. The Morgan fingerprint density at radius 2 is 2.05 bits per heavy atom. The molecule has 0 bridgehead atoms. The Bertz CT molecular complexity index is 502. The molecule has 0 aliphatic carbocycles. The lowest BCUT2D eigenvalue weighted by Gasteiger charge is -2.15. The molecule has 0 saturated heterocycles. The lowest BCUT2D eigenvalue weighted by molar-refractivity contribution is -0.143. The van der Waals surface area contributed by atoms with E-state index < -0.39 is 42.1 Å². The van der Waals surface area contributed by atoms with Crippen LogP contribution in [0.4, 0.5) is 22.0 Å². The summed E-state index contributed by atoms with van der Waals surface area (Å²) in [6.45, 7) is 0.930. The summed E-state index contributed by atoms with van der Waals surface area (Å²) in [4.78, 5) is 14.5. The number of esters is 1. The zero-order valence-corrected chi connectivity index (χ0v) is 10.3. The number of hydrogen-bond donors (Lipinski definition) is 1. The molecule has 2 N–H and O–H groups in total. The second-order valence-corrected chi connectivity index (χ2v) is 3.66. The molecule has 0 spiro atoms. The van der Waals surface area contributed by atoms with Gasteiger partial charge in [0.05, 0.1) is 6.61 Å². The van der Waals surface area contributed by atoms with Gasteiger partial charge in [-0.3, -0.25) is 0 Å². The van der Waals surface area contributed by atoms with E-state index >= 15 is 0 Å². The van der Waals surface area contributed by atoms with E-state index in [9.17, 15) is 26.7 Å². The summed E-state index contributed by atoms with van der Waals surface area (Å²) in [5.41, 5.74) is 1.18. The molecule has 0 aromatic carbocycles. The molecule has 0 fully saturated rings. The number of hydrogen-bond acceptors (Lipinski definition) is 4. The van der Waals surface area contributed by atoms with Crippen molar-refractivity contribution >= 4 is 5.97 Å². The number of aromatic nitrogens is 1. The maximum atomic E-state index is 12.7. The average molecular weight is 298 g/mol. The summed E-state index contributed by atoms with van der Waals surface area (Å²) in [7, 11) is 0. The molecule has 0 unspecified atom stereocenters. The van der Waals surface area contributed by atoms with Crippen molar-refractivity contribution in [1.82, 2.24) is 4.98 Å². The number of carbonyl (C=O) groups is 1. The zero-order valence-electron chi connectivity index (χ0n) is 10.3. The third-order valence-electron chi connectivity index (χ3n) is 2.32. The highest BCUT2D eigenvalue weighted by Gasteiger charge is 2.39. The fraction of sp³-hybridized carbons (Fsp3) is 0.455. The van der Waals surface area contributed by atoms with E-state index in [4.69, 9.17) is 5.73 Å². The van der Waals surface area contributed by atoms with E-state index in [1.165, 1.54) is 6.92 Å². The molecule has 1 rings (SSSR count). The van der Waals surface area contributed by atoms with E-state index in [1.807, 2.05) is 0 Å². The molecule has 9 heteroatoms. The summed E-state index contributed by atoms with van der Waals surface area (Å²) in [5.74, 6) is -1.14. The van der Waals surface area contributed by atoms with Gasteiger partial charge in [0.25, 0.3) is 6.43 Å². The van der Waals surface area contributed by atoms with Crippen LogP contribution in [0.15, 0.2) is 6.07 Å². The second-order valence-electron chi connectivity index (χ2n) is 3.66. The number of pyridine rings is 1. The van der Waals surface area contributed by atoms with Gasteiger partial charge in [-0.1, -0.05) is 0 Å². The summed E-state index contributed by atoms with van der Waals surface area (Å²) < 4.78 is 67.9. The Morgan fingerprint density at radius 1 is 1.45 bits per heavy atom. The van der Waals surface area contributed by atoms with Gasteiger partial charge in [0, 0.05) is 12.1 Å². The molecule has 112 valence electrons. The van der Waals surface area contributed by atoms with Crippen LogP contribution < -0.4 is 5.73 Å². The van der Waals surface area contributed by atoms with E-state index in [0.29, 0.717) is 6.07 Å². The molecular formula is C11H11F5N2O2. The van der Waals surface area contributed by atoms with E-state index in [1.54, 1.807) is 0 Å².